The van der Waals surface area contributed by atoms with Crippen molar-refractivity contribution >= 4 is 23.5 Å². The Balaban J connectivity index is 2.09. The Morgan fingerprint density at radius 3 is 2.50 bits per heavy atom. The molecule has 1 atom stereocenters. The number of carbonyl (C=O) groups is 2. The molecular formula is C22H25N3O2S. The van der Waals surface area contributed by atoms with Crippen molar-refractivity contribution in [2.75, 3.05) is 5.75 Å². The maximum Gasteiger partial charge on any atom is 0.230 e. The average molecular weight is 396 g/mol. The molecule has 0 radical (unpaired) electrons. The molecule has 0 saturated carbocycles. The predicted molar refractivity (Wildman–Crippen MR) is 111 cm³/mol. The lowest BCUT2D eigenvalue weighted by Crippen LogP contribution is -2.30. The summed E-state index contributed by atoms with van der Waals surface area (Å²) in [7, 11) is 0. The summed E-state index contributed by atoms with van der Waals surface area (Å²) in [5.74, 6) is 0.350. The van der Waals surface area contributed by atoms with Crippen LogP contribution in [0.1, 0.15) is 60.4 Å². The second kappa shape index (κ2) is 10.0. The number of carbonyl (C=O) groups excluding carboxylic acids is 2. The molecule has 0 aliphatic rings. The van der Waals surface area contributed by atoms with Gasteiger partial charge < -0.3 is 5.32 Å². The third-order valence-electron chi connectivity index (χ3n) is 4.26. The van der Waals surface area contributed by atoms with Gasteiger partial charge in [-0.2, -0.15) is 5.26 Å². The highest BCUT2D eigenvalue weighted by Crippen LogP contribution is 2.25. The number of ketones is 1. The largest absolute Gasteiger partial charge is 0.349 e. The first-order chi connectivity index (χ1) is 13.3. The molecule has 5 nitrogen and oxygen atoms in total. The van der Waals surface area contributed by atoms with Crippen LogP contribution in [0.15, 0.2) is 41.4 Å². The van der Waals surface area contributed by atoms with E-state index in [1.165, 1.54) is 18.7 Å². The lowest BCUT2D eigenvalue weighted by atomic mass is 9.97. The molecule has 1 N–H and O–H groups in total. The summed E-state index contributed by atoms with van der Waals surface area (Å²) in [6, 6.07) is 13.5. The van der Waals surface area contributed by atoms with Crippen LogP contribution in [0.3, 0.4) is 0 Å². The fourth-order valence-corrected chi connectivity index (χ4v) is 3.75. The van der Waals surface area contributed by atoms with Gasteiger partial charge in [0.15, 0.2) is 5.78 Å². The van der Waals surface area contributed by atoms with Crippen molar-refractivity contribution in [3.63, 3.8) is 0 Å². The molecular weight excluding hydrogens is 370 g/mol. The Morgan fingerprint density at radius 2 is 1.93 bits per heavy atom. The maximum absolute atomic E-state index is 12.5. The number of amides is 1. The lowest BCUT2D eigenvalue weighted by Gasteiger charge is -2.21. The number of nitriles is 1. The first-order valence-corrected chi connectivity index (χ1v) is 10.2. The molecule has 1 unspecified atom stereocenters. The van der Waals surface area contributed by atoms with Crippen LogP contribution in [-0.4, -0.2) is 22.4 Å². The van der Waals surface area contributed by atoms with Crippen molar-refractivity contribution in [2.45, 2.75) is 45.2 Å². The fourth-order valence-electron chi connectivity index (χ4n) is 2.93. The molecule has 1 aromatic carbocycles. The van der Waals surface area contributed by atoms with Crippen LogP contribution >= 0.6 is 11.8 Å². The normalized spacial score (nSPS) is 11.7. The number of Topliss-reactive ketones (excluding diaryl/α,β-unsaturated/α-hetero) is 1. The summed E-state index contributed by atoms with van der Waals surface area (Å²) in [4.78, 5) is 28.5. The number of hydrogen-bond acceptors (Lipinski definition) is 5. The second-order valence-electron chi connectivity index (χ2n) is 7.09. The summed E-state index contributed by atoms with van der Waals surface area (Å²) in [5, 5.41) is 12.9. The molecule has 0 bridgehead atoms. The summed E-state index contributed by atoms with van der Waals surface area (Å²) in [6.07, 6.45) is 0.842. The average Bonchev–Trinajstić information content (AvgIpc) is 2.66. The summed E-state index contributed by atoms with van der Waals surface area (Å²) in [5.41, 5.74) is 2.39. The molecule has 146 valence electrons. The summed E-state index contributed by atoms with van der Waals surface area (Å²) >= 11 is 1.21. The Morgan fingerprint density at radius 1 is 1.25 bits per heavy atom. The Kier molecular flexibility index (Phi) is 7.77. The van der Waals surface area contributed by atoms with Crippen LogP contribution in [0.5, 0.6) is 0 Å². The van der Waals surface area contributed by atoms with Crippen molar-refractivity contribution < 1.29 is 9.59 Å². The molecule has 1 amide bonds. The van der Waals surface area contributed by atoms with Gasteiger partial charge in [0.05, 0.1) is 17.4 Å². The second-order valence-corrected chi connectivity index (χ2v) is 8.06. The first-order valence-electron chi connectivity index (χ1n) is 9.21. The number of thioether (sulfide) groups is 1. The minimum absolute atomic E-state index is 0.0560. The van der Waals surface area contributed by atoms with Gasteiger partial charge in [-0.25, -0.2) is 4.98 Å². The molecule has 1 aromatic heterocycles. The zero-order chi connectivity index (χ0) is 20.7. The van der Waals surface area contributed by atoms with E-state index in [1.54, 1.807) is 13.0 Å². The van der Waals surface area contributed by atoms with E-state index in [0.717, 1.165) is 12.0 Å². The predicted octanol–water partition coefficient (Wildman–Crippen LogP) is 4.46. The van der Waals surface area contributed by atoms with Gasteiger partial charge in [-0.05, 0) is 37.8 Å². The molecule has 0 saturated heterocycles. The third-order valence-corrected chi connectivity index (χ3v) is 5.25. The standard InChI is InChI=1S/C22H25N3O2S/c1-14(2)10-20(17-8-6-5-7-9-17)25-21(27)13-28-22-18(12-23)11-19(16(4)26)15(3)24-22/h5-9,11,14,20H,10,13H2,1-4H3,(H,25,27). The van der Waals surface area contributed by atoms with Crippen molar-refractivity contribution in [3.05, 3.63) is 58.8 Å². The first kappa shape index (κ1) is 21.6. The molecule has 0 aliphatic heterocycles. The van der Waals surface area contributed by atoms with Crippen molar-refractivity contribution in [2.24, 2.45) is 5.92 Å². The SMILES string of the molecule is CC(=O)c1cc(C#N)c(SCC(=O)NC(CC(C)C)c2ccccc2)nc1C. The number of nitrogens with one attached hydrogen (secondary N) is 1. The van der Waals surface area contributed by atoms with E-state index in [2.05, 4.69) is 30.2 Å². The van der Waals surface area contributed by atoms with E-state index < -0.39 is 0 Å². The molecule has 1 heterocycles. The van der Waals surface area contributed by atoms with E-state index in [4.69, 9.17) is 0 Å². The van der Waals surface area contributed by atoms with Crippen LogP contribution < -0.4 is 5.32 Å². The quantitative estimate of drug-likeness (QED) is 0.527. The monoisotopic (exact) mass is 395 g/mol. The van der Waals surface area contributed by atoms with Gasteiger partial charge in [0.2, 0.25) is 5.91 Å². The Hall–Kier alpha value is -2.65. The van der Waals surface area contributed by atoms with Gasteiger partial charge >= 0.3 is 0 Å². The maximum atomic E-state index is 12.5. The van der Waals surface area contributed by atoms with Crippen LogP contribution in [0.2, 0.25) is 0 Å². The number of aromatic nitrogens is 1. The van der Waals surface area contributed by atoms with Crippen molar-refractivity contribution in [1.82, 2.24) is 10.3 Å². The van der Waals surface area contributed by atoms with Gasteiger partial charge in [-0.1, -0.05) is 55.9 Å². The van der Waals surface area contributed by atoms with Crippen molar-refractivity contribution in [3.8, 4) is 6.07 Å². The Labute approximate surface area is 170 Å². The third kappa shape index (κ3) is 5.93. The molecule has 6 heteroatoms. The van der Waals surface area contributed by atoms with E-state index in [9.17, 15) is 14.9 Å². The smallest absolute Gasteiger partial charge is 0.230 e. The van der Waals surface area contributed by atoms with E-state index >= 15 is 0 Å². The zero-order valence-corrected chi connectivity index (χ0v) is 17.5. The van der Waals surface area contributed by atoms with Gasteiger partial charge in [-0.3, -0.25) is 9.59 Å². The molecule has 2 aromatic rings. The highest BCUT2D eigenvalue weighted by molar-refractivity contribution is 8.00. The molecule has 0 spiro atoms. The van der Waals surface area contributed by atoms with E-state index in [1.807, 2.05) is 30.3 Å². The molecule has 28 heavy (non-hydrogen) atoms. The zero-order valence-electron chi connectivity index (χ0n) is 16.7. The summed E-state index contributed by atoms with van der Waals surface area (Å²) in [6.45, 7) is 7.43. The fraction of sp³-hybridized carbons (Fsp3) is 0.364. The molecule has 2 rings (SSSR count). The number of rotatable bonds is 8. The van der Waals surface area contributed by atoms with Crippen LogP contribution in [0.4, 0.5) is 0 Å². The number of aryl methyl sites for hydroxylation is 1. The summed E-state index contributed by atoms with van der Waals surface area (Å²) < 4.78 is 0. The number of hydrogen-bond donors (Lipinski definition) is 1. The minimum atomic E-state index is -0.129. The van der Waals surface area contributed by atoms with Crippen LogP contribution in [-0.2, 0) is 4.79 Å². The van der Waals surface area contributed by atoms with E-state index in [-0.39, 0.29) is 23.5 Å². The molecule has 0 fully saturated rings. The Bertz CT molecular complexity index is 889. The highest BCUT2D eigenvalue weighted by atomic mass is 32.2. The number of pyridine rings is 1. The van der Waals surface area contributed by atoms with Gasteiger partial charge in [0, 0.05) is 11.3 Å². The minimum Gasteiger partial charge on any atom is -0.349 e. The van der Waals surface area contributed by atoms with Crippen LogP contribution in [0, 0.1) is 24.2 Å². The number of nitrogens with zero attached hydrogens (tertiary/aromatic N) is 2. The topological polar surface area (TPSA) is 82.8 Å². The van der Waals surface area contributed by atoms with Crippen molar-refractivity contribution in [1.29, 1.82) is 5.26 Å². The molecule has 0 aliphatic carbocycles. The van der Waals surface area contributed by atoms with Gasteiger partial charge in [-0.15, -0.1) is 0 Å². The lowest BCUT2D eigenvalue weighted by molar-refractivity contribution is -0.119. The number of benzene rings is 1. The van der Waals surface area contributed by atoms with Crippen LogP contribution in [0.25, 0.3) is 0 Å². The van der Waals surface area contributed by atoms with Gasteiger partial charge in [0.25, 0.3) is 0 Å². The van der Waals surface area contributed by atoms with E-state index in [0.29, 0.717) is 27.8 Å². The van der Waals surface area contributed by atoms with Gasteiger partial charge in [0.1, 0.15) is 11.1 Å². The highest BCUT2D eigenvalue weighted by Gasteiger charge is 2.18.